The molecule has 0 saturated heterocycles. The Morgan fingerprint density at radius 2 is 1.89 bits per heavy atom. The highest BCUT2D eigenvalue weighted by Gasteiger charge is 2.36. The molecule has 1 aliphatic heterocycles. The lowest BCUT2D eigenvalue weighted by Gasteiger charge is -2.41. The molecule has 1 saturated carbocycles. The van der Waals surface area contributed by atoms with Crippen molar-refractivity contribution in [2.75, 3.05) is 6.54 Å². The largest absolute Gasteiger partial charge is 0.465 e. The first-order chi connectivity index (χ1) is 9.27. The number of rotatable bonds is 1. The van der Waals surface area contributed by atoms with Gasteiger partial charge in [0.15, 0.2) is 0 Å². The summed E-state index contributed by atoms with van der Waals surface area (Å²) in [7, 11) is 0. The van der Waals surface area contributed by atoms with E-state index in [4.69, 9.17) is 0 Å². The van der Waals surface area contributed by atoms with E-state index in [1.807, 2.05) is 6.07 Å². The molecule has 102 valence electrons. The van der Waals surface area contributed by atoms with Gasteiger partial charge in [-0.15, -0.1) is 0 Å². The Morgan fingerprint density at radius 3 is 2.63 bits per heavy atom. The summed E-state index contributed by atoms with van der Waals surface area (Å²) in [6.45, 7) is 0.646. The van der Waals surface area contributed by atoms with Crippen molar-refractivity contribution in [3.63, 3.8) is 0 Å². The van der Waals surface area contributed by atoms with E-state index in [9.17, 15) is 9.90 Å². The first-order valence-corrected chi connectivity index (χ1v) is 7.35. The Bertz CT molecular complexity index is 466. The van der Waals surface area contributed by atoms with Crippen LogP contribution in [0.15, 0.2) is 24.3 Å². The number of carbonyl (C=O) groups is 1. The molecule has 1 N–H and O–H groups in total. The normalized spacial score (nSPS) is 24.0. The van der Waals surface area contributed by atoms with E-state index in [0.717, 1.165) is 6.42 Å². The second kappa shape index (κ2) is 5.24. The standard InChI is InChI=1S/C16H21NO2/c18-16(19)17-11-10-12-6-4-5-9-14(12)15(17)13-7-2-1-3-8-13/h4-6,9,13,15H,1-3,7-8,10-11H2,(H,18,19). The summed E-state index contributed by atoms with van der Waals surface area (Å²) < 4.78 is 0. The van der Waals surface area contributed by atoms with Crippen molar-refractivity contribution < 1.29 is 9.90 Å². The van der Waals surface area contributed by atoms with Crippen molar-refractivity contribution >= 4 is 6.09 Å². The molecule has 1 fully saturated rings. The van der Waals surface area contributed by atoms with Gasteiger partial charge in [-0.3, -0.25) is 0 Å². The van der Waals surface area contributed by atoms with Gasteiger partial charge in [-0.1, -0.05) is 43.5 Å². The van der Waals surface area contributed by atoms with Crippen LogP contribution in [0.4, 0.5) is 4.79 Å². The van der Waals surface area contributed by atoms with Crippen LogP contribution in [0.3, 0.4) is 0 Å². The molecule has 3 nitrogen and oxygen atoms in total. The predicted molar refractivity (Wildman–Crippen MR) is 74.2 cm³/mol. The summed E-state index contributed by atoms with van der Waals surface area (Å²) in [6.07, 6.45) is 6.23. The molecule has 2 aliphatic rings. The molecule has 1 amide bonds. The fraction of sp³-hybridized carbons (Fsp3) is 0.562. The SMILES string of the molecule is O=C(O)N1CCc2ccccc2C1C1CCCCC1. The van der Waals surface area contributed by atoms with E-state index in [1.165, 1.54) is 43.2 Å². The van der Waals surface area contributed by atoms with E-state index < -0.39 is 6.09 Å². The Morgan fingerprint density at radius 1 is 1.16 bits per heavy atom. The lowest BCUT2D eigenvalue weighted by molar-refractivity contribution is 0.0874. The first-order valence-electron chi connectivity index (χ1n) is 7.35. The monoisotopic (exact) mass is 259 g/mol. The molecule has 0 radical (unpaired) electrons. The Balaban J connectivity index is 1.96. The van der Waals surface area contributed by atoms with Crippen LogP contribution >= 0.6 is 0 Å². The number of hydrogen-bond donors (Lipinski definition) is 1. The summed E-state index contributed by atoms with van der Waals surface area (Å²) in [4.78, 5) is 13.2. The summed E-state index contributed by atoms with van der Waals surface area (Å²) in [6, 6.07) is 8.48. The van der Waals surface area contributed by atoms with Gasteiger partial charge in [-0.25, -0.2) is 4.79 Å². The molecule has 0 aromatic heterocycles. The van der Waals surface area contributed by atoms with E-state index in [2.05, 4.69) is 18.2 Å². The van der Waals surface area contributed by atoms with Gasteiger partial charge < -0.3 is 10.0 Å². The predicted octanol–water partition coefficient (Wildman–Crippen LogP) is 3.84. The van der Waals surface area contributed by atoms with Crippen LogP contribution in [0.1, 0.15) is 49.3 Å². The van der Waals surface area contributed by atoms with E-state index in [0.29, 0.717) is 12.5 Å². The van der Waals surface area contributed by atoms with Gasteiger partial charge in [0.2, 0.25) is 0 Å². The minimum absolute atomic E-state index is 0.0859. The number of hydrogen-bond acceptors (Lipinski definition) is 1. The van der Waals surface area contributed by atoms with E-state index in [-0.39, 0.29) is 6.04 Å². The van der Waals surface area contributed by atoms with Crippen LogP contribution in [0.25, 0.3) is 0 Å². The second-order valence-electron chi connectivity index (χ2n) is 5.77. The quantitative estimate of drug-likeness (QED) is 0.832. The Labute approximate surface area is 114 Å². The topological polar surface area (TPSA) is 40.5 Å². The molecular weight excluding hydrogens is 238 g/mol. The molecule has 1 aromatic carbocycles. The molecule has 19 heavy (non-hydrogen) atoms. The van der Waals surface area contributed by atoms with Crippen molar-refractivity contribution in [2.24, 2.45) is 5.92 Å². The molecule has 1 aromatic rings. The smallest absolute Gasteiger partial charge is 0.407 e. The number of benzene rings is 1. The molecule has 1 heterocycles. The van der Waals surface area contributed by atoms with Crippen LogP contribution in [-0.2, 0) is 6.42 Å². The summed E-state index contributed by atoms with van der Waals surface area (Å²) in [5, 5.41) is 9.49. The van der Waals surface area contributed by atoms with Gasteiger partial charge in [0, 0.05) is 6.54 Å². The Hall–Kier alpha value is -1.51. The van der Waals surface area contributed by atoms with Gasteiger partial charge in [0.05, 0.1) is 6.04 Å². The highest BCUT2D eigenvalue weighted by atomic mass is 16.4. The first kappa shape index (κ1) is 12.5. The molecule has 0 spiro atoms. The summed E-state index contributed by atoms with van der Waals surface area (Å²) in [5.41, 5.74) is 2.60. The summed E-state index contributed by atoms with van der Waals surface area (Å²) >= 11 is 0. The lowest BCUT2D eigenvalue weighted by Crippen LogP contribution is -2.42. The fourth-order valence-electron chi connectivity index (χ4n) is 3.77. The fourth-order valence-corrected chi connectivity index (χ4v) is 3.77. The van der Waals surface area contributed by atoms with Crippen molar-refractivity contribution in [1.82, 2.24) is 4.90 Å². The second-order valence-corrected chi connectivity index (χ2v) is 5.77. The zero-order chi connectivity index (χ0) is 13.2. The van der Waals surface area contributed by atoms with E-state index in [1.54, 1.807) is 4.90 Å². The zero-order valence-electron chi connectivity index (χ0n) is 11.2. The molecule has 0 bridgehead atoms. The molecule has 3 rings (SSSR count). The third-order valence-corrected chi connectivity index (χ3v) is 4.67. The number of amides is 1. The van der Waals surface area contributed by atoms with E-state index >= 15 is 0 Å². The maximum absolute atomic E-state index is 11.5. The van der Waals surface area contributed by atoms with Gasteiger partial charge >= 0.3 is 6.09 Å². The molecule has 1 aliphatic carbocycles. The van der Waals surface area contributed by atoms with Crippen molar-refractivity contribution in [3.8, 4) is 0 Å². The number of fused-ring (bicyclic) bond motifs is 1. The van der Waals surface area contributed by atoms with Gasteiger partial charge in [0.1, 0.15) is 0 Å². The van der Waals surface area contributed by atoms with Crippen molar-refractivity contribution in [2.45, 2.75) is 44.6 Å². The number of nitrogens with zero attached hydrogens (tertiary/aromatic N) is 1. The van der Waals surface area contributed by atoms with Crippen LogP contribution in [-0.4, -0.2) is 22.6 Å². The van der Waals surface area contributed by atoms with Gasteiger partial charge in [-0.2, -0.15) is 0 Å². The van der Waals surface area contributed by atoms with Crippen LogP contribution in [0.2, 0.25) is 0 Å². The van der Waals surface area contributed by atoms with Gasteiger partial charge in [0.25, 0.3) is 0 Å². The highest BCUT2D eigenvalue weighted by Crippen LogP contribution is 2.41. The zero-order valence-corrected chi connectivity index (χ0v) is 11.2. The van der Waals surface area contributed by atoms with Gasteiger partial charge in [-0.05, 0) is 36.3 Å². The minimum atomic E-state index is -0.759. The molecule has 3 heteroatoms. The molecule has 1 unspecified atom stereocenters. The third-order valence-electron chi connectivity index (χ3n) is 4.67. The summed E-state index contributed by atoms with van der Waals surface area (Å²) in [5.74, 6) is 0.506. The maximum Gasteiger partial charge on any atom is 0.407 e. The van der Waals surface area contributed by atoms with Crippen LogP contribution in [0.5, 0.6) is 0 Å². The van der Waals surface area contributed by atoms with Crippen LogP contribution < -0.4 is 0 Å². The average Bonchev–Trinajstić information content (AvgIpc) is 2.46. The average molecular weight is 259 g/mol. The van der Waals surface area contributed by atoms with Crippen LogP contribution in [0, 0.1) is 5.92 Å². The molecule has 1 atom stereocenters. The number of carboxylic acid groups (broad SMARTS) is 1. The minimum Gasteiger partial charge on any atom is -0.465 e. The highest BCUT2D eigenvalue weighted by molar-refractivity contribution is 5.66. The van der Waals surface area contributed by atoms with Crippen molar-refractivity contribution in [3.05, 3.63) is 35.4 Å². The van der Waals surface area contributed by atoms with Crippen molar-refractivity contribution in [1.29, 1.82) is 0 Å². The lowest BCUT2D eigenvalue weighted by atomic mass is 9.77. The Kier molecular flexibility index (Phi) is 3.45. The third kappa shape index (κ3) is 2.34. The maximum atomic E-state index is 11.5. The molecular formula is C16H21NO2.